The molecule has 2 amide bonds. The zero-order chi connectivity index (χ0) is 26.9. The molecule has 0 aliphatic rings. The van der Waals surface area contributed by atoms with Crippen molar-refractivity contribution in [2.24, 2.45) is 0 Å². The van der Waals surface area contributed by atoms with Crippen molar-refractivity contribution >= 4 is 45.2 Å². The zero-order valence-electron chi connectivity index (χ0n) is 20.8. The number of hydrogen-bond acceptors (Lipinski definition) is 6. The molecule has 8 nitrogen and oxygen atoms in total. The fourth-order valence-electron chi connectivity index (χ4n) is 3.31. The number of benzene rings is 3. The quantitative estimate of drug-likeness (QED) is 0.257. The van der Waals surface area contributed by atoms with Crippen molar-refractivity contribution in [3.63, 3.8) is 0 Å². The number of halogens is 1. The van der Waals surface area contributed by atoms with E-state index in [9.17, 15) is 14.9 Å². The standard InChI is InChI=1S/C28H26BrN3O5/c1-17-5-6-22(11-18(17)2)31-26(33)16-37-27-24(29)13-19(14-25(27)36-4)12-20(15-30)28(34)32-21-7-9-23(35-3)10-8-21/h5-14H,16H2,1-4H3,(H,31,33)(H,32,34)/b20-12-. The summed E-state index contributed by atoms with van der Waals surface area (Å²) in [4.78, 5) is 25.0. The molecule has 0 bridgehead atoms. The summed E-state index contributed by atoms with van der Waals surface area (Å²) >= 11 is 3.43. The van der Waals surface area contributed by atoms with E-state index >= 15 is 0 Å². The number of carbonyl (C=O) groups is 2. The van der Waals surface area contributed by atoms with Gasteiger partial charge in [-0.25, -0.2) is 0 Å². The first kappa shape index (κ1) is 27.3. The maximum absolute atomic E-state index is 12.6. The van der Waals surface area contributed by atoms with E-state index in [1.165, 1.54) is 13.2 Å². The van der Waals surface area contributed by atoms with Gasteiger partial charge in [-0.3, -0.25) is 9.59 Å². The molecule has 3 aromatic carbocycles. The summed E-state index contributed by atoms with van der Waals surface area (Å²) < 4.78 is 16.7. The van der Waals surface area contributed by atoms with Gasteiger partial charge in [0.1, 0.15) is 17.4 Å². The summed E-state index contributed by atoms with van der Waals surface area (Å²) in [7, 11) is 3.01. The maximum atomic E-state index is 12.6. The lowest BCUT2D eigenvalue weighted by molar-refractivity contribution is -0.118. The summed E-state index contributed by atoms with van der Waals surface area (Å²) in [6.07, 6.45) is 1.43. The van der Waals surface area contributed by atoms with Gasteiger partial charge in [-0.1, -0.05) is 6.07 Å². The molecule has 0 unspecified atom stereocenters. The van der Waals surface area contributed by atoms with Crippen LogP contribution >= 0.6 is 15.9 Å². The second kappa shape index (κ2) is 12.6. The molecule has 9 heteroatoms. The van der Waals surface area contributed by atoms with Crippen molar-refractivity contribution < 1.29 is 23.8 Å². The highest BCUT2D eigenvalue weighted by molar-refractivity contribution is 9.10. The Morgan fingerprint density at radius 3 is 2.27 bits per heavy atom. The number of nitrogens with zero attached hydrogens (tertiary/aromatic N) is 1. The Morgan fingerprint density at radius 1 is 0.946 bits per heavy atom. The number of amides is 2. The van der Waals surface area contributed by atoms with Gasteiger partial charge >= 0.3 is 0 Å². The van der Waals surface area contributed by atoms with E-state index in [1.54, 1.807) is 43.5 Å². The second-order valence-electron chi connectivity index (χ2n) is 8.02. The van der Waals surface area contributed by atoms with Gasteiger partial charge in [-0.2, -0.15) is 5.26 Å². The molecule has 0 saturated heterocycles. The first-order chi connectivity index (χ1) is 17.7. The average Bonchev–Trinajstić information content (AvgIpc) is 2.88. The molecule has 3 rings (SSSR count). The van der Waals surface area contributed by atoms with Crippen LogP contribution in [0.15, 0.2) is 64.6 Å². The molecule has 37 heavy (non-hydrogen) atoms. The molecular weight excluding hydrogens is 538 g/mol. The average molecular weight is 564 g/mol. The van der Waals surface area contributed by atoms with Crippen molar-refractivity contribution in [2.75, 3.05) is 31.5 Å². The van der Waals surface area contributed by atoms with Crippen molar-refractivity contribution in [1.82, 2.24) is 0 Å². The minimum atomic E-state index is -0.564. The van der Waals surface area contributed by atoms with Crippen LogP contribution in [0.2, 0.25) is 0 Å². The SMILES string of the molecule is COc1ccc(NC(=O)/C(C#N)=C\c2cc(Br)c(OCC(=O)Nc3ccc(C)c(C)c3)c(OC)c2)cc1. The number of anilines is 2. The molecule has 0 aromatic heterocycles. The van der Waals surface area contributed by atoms with Crippen LogP contribution in [0.25, 0.3) is 6.08 Å². The molecule has 0 radical (unpaired) electrons. The normalized spacial score (nSPS) is 10.8. The Kier molecular flexibility index (Phi) is 9.30. The number of nitrogens with one attached hydrogen (secondary N) is 2. The molecule has 190 valence electrons. The molecule has 3 aromatic rings. The van der Waals surface area contributed by atoms with Crippen LogP contribution in [0, 0.1) is 25.2 Å². The third kappa shape index (κ3) is 7.35. The minimum Gasteiger partial charge on any atom is -0.497 e. The zero-order valence-corrected chi connectivity index (χ0v) is 22.4. The number of carbonyl (C=O) groups excluding carboxylic acids is 2. The fraction of sp³-hybridized carbons (Fsp3) is 0.179. The van der Waals surface area contributed by atoms with Crippen LogP contribution in [0.3, 0.4) is 0 Å². The second-order valence-corrected chi connectivity index (χ2v) is 8.88. The summed E-state index contributed by atoms with van der Waals surface area (Å²) in [6.45, 7) is 3.73. The van der Waals surface area contributed by atoms with Crippen LogP contribution < -0.4 is 24.8 Å². The lowest BCUT2D eigenvalue weighted by Crippen LogP contribution is -2.20. The lowest BCUT2D eigenvalue weighted by atomic mass is 10.1. The highest BCUT2D eigenvalue weighted by atomic mass is 79.9. The highest BCUT2D eigenvalue weighted by Gasteiger charge is 2.16. The van der Waals surface area contributed by atoms with Gasteiger partial charge < -0.3 is 24.8 Å². The maximum Gasteiger partial charge on any atom is 0.266 e. The van der Waals surface area contributed by atoms with E-state index in [0.717, 1.165) is 11.1 Å². The van der Waals surface area contributed by atoms with Crippen molar-refractivity contribution in [1.29, 1.82) is 5.26 Å². The van der Waals surface area contributed by atoms with Gasteiger partial charge in [0, 0.05) is 11.4 Å². The molecule has 0 aliphatic heterocycles. The summed E-state index contributed by atoms with van der Waals surface area (Å²) in [5, 5.41) is 15.0. The van der Waals surface area contributed by atoms with E-state index in [1.807, 2.05) is 38.1 Å². The van der Waals surface area contributed by atoms with Crippen LogP contribution in [0.4, 0.5) is 11.4 Å². The summed E-state index contributed by atoms with van der Waals surface area (Å²) in [5.41, 5.74) is 3.83. The Balaban J connectivity index is 1.72. The molecule has 2 N–H and O–H groups in total. The van der Waals surface area contributed by atoms with E-state index in [4.69, 9.17) is 14.2 Å². The van der Waals surface area contributed by atoms with Gasteiger partial charge in [0.15, 0.2) is 18.1 Å². The third-order valence-corrected chi connectivity index (χ3v) is 6.00. The Bertz CT molecular complexity index is 1380. The van der Waals surface area contributed by atoms with Gasteiger partial charge in [-0.05, 0) is 101 Å². The number of rotatable bonds is 9. The first-order valence-electron chi connectivity index (χ1n) is 11.2. The molecule has 0 atom stereocenters. The molecule has 0 saturated carbocycles. The van der Waals surface area contributed by atoms with E-state index in [0.29, 0.717) is 38.7 Å². The Morgan fingerprint density at radius 2 is 1.65 bits per heavy atom. The number of aryl methyl sites for hydroxylation is 2. The number of nitriles is 1. The molecule has 0 fully saturated rings. The molecule has 0 spiro atoms. The lowest BCUT2D eigenvalue weighted by Gasteiger charge is -2.14. The molecular formula is C28H26BrN3O5. The monoisotopic (exact) mass is 563 g/mol. The van der Waals surface area contributed by atoms with E-state index < -0.39 is 5.91 Å². The van der Waals surface area contributed by atoms with Gasteiger partial charge in [-0.15, -0.1) is 0 Å². The third-order valence-electron chi connectivity index (χ3n) is 5.41. The van der Waals surface area contributed by atoms with Gasteiger partial charge in [0.05, 0.1) is 18.7 Å². The number of ether oxygens (including phenoxy) is 3. The van der Waals surface area contributed by atoms with E-state index in [2.05, 4.69) is 26.6 Å². The predicted octanol–water partition coefficient (Wildman–Crippen LogP) is 5.65. The topological polar surface area (TPSA) is 110 Å². The Labute approximate surface area is 224 Å². The van der Waals surface area contributed by atoms with Crippen molar-refractivity contribution in [3.8, 4) is 23.3 Å². The van der Waals surface area contributed by atoms with Crippen LogP contribution in [-0.4, -0.2) is 32.6 Å². The van der Waals surface area contributed by atoms with E-state index in [-0.39, 0.29) is 18.1 Å². The Hall–Kier alpha value is -4.29. The van der Waals surface area contributed by atoms with Crippen LogP contribution in [0.5, 0.6) is 17.2 Å². The predicted molar refractivity (Wildman–Crippen MR) is 146 cm³/mol. The smallest absolute Gasteiger partial charge is 0.266 e. The largest absolute Gasteiger partial charge is 0.497 e. The van der Waals surface area contributed by atoms with Crippen molar-refractivity contribution in [2.45, 2.75) is 13.8 Å². The van der Waals surface area contributed by atoms with Crippen LogP contribution in [-0.2, 0) is 9.59 Å². The van der Waals surface area contributed by atoms with Crippen molar-refractivity contribution in [3.05, 3.63) is 81.3 Å². The molecule has 0 aliphatic carbocycles. The highest BCUT2D eigenvalue weighted by Crippen LogP contribution is 2.37. The fourth-order valence-corrected chi connectivity index (χ4v) is 3.88. The van der Waals surface area contributed by atoms with Crippen LogP contribution in [0.1, 0.15) is 16.7 Å². The van der Waals surface area contributed by atoms with Gasteiger partial charge in [0.25, 0.3) is 11.8 Å². The first-order valence-corrected chi connectivity index (χ1v) is 12.0. The summed E-state index contributed by atoms with van der Waals surface area (Å²) in [6, 6.07) is 17.6. The van der Waals surface area contributed by atoms with Gasteiger partial charge in [0.2, 0.25) is 0 Å². The number of hydrogen-bond donors (Lipinski definition) is 2. The number of methoxy groups -OCH3 is 2. The molecule has 0 heterocycles. The summed E-state index contributed by atoms with van der Waals surface area (Å²) in [5.74, 6) is 0.397. The minimum absolute atomic E-state index is 0.105.